The van der Waals surface area contributed by atoms with Crippen molar-refractivity contribution in [1.29, 1.82) is 0 Å². The van der Waals surface area contributed by atoms with Crippen LogP contribution in [-0.4, -0.2) is 44.3 Å². The summed E-state index contributed by atoms with van der Waals surface area (Å²) < 4.78 is 10.8. The second-order valence-corrected chi connectivity index (χ2v) is 11.6. The molecule has 1 saturated heterocycles. The molecule has 1 aliphatic heterocycles. The van der Waals surface area contributed by atoms with Crippen LogP contribution in [0.4, 0.5) is 0 Å². The van der Waals surface area contributed by atoms with E-state index < -0.39 is 11.0 Å². The second-order valence-electron chi connectivity index (χ2n) is 11.6. The van der Waals surface area contributed by atoms with Crippen LogP contribution in [-0.2, 0) is 10.3 Å². The van der Waals surface area contributed by atoms with Gasteiger partial charge >= 0.3 is 0 Å². The summed E-state index contributed by atoms with van der Waals surface area (Å²) in [5.74, 6) is 1.51. The quantitative estimate of drug-likeness (QED) is 0.265. The molecule has 3 aliphatic rings. The summed E-state index contributed by atoms with van der Waals surface area (Å²) in [6, 6.07) is 28.0. The molecule has 1 saturated carbocycles. The molecule has 0 unspecified atom stereocenters. The van der Waals surface area contributed by atoms with Gasteiger partial charge in [0.15, 0.2) is 11.6 Å². The van der Waals surface area contributed by atoms with Gasteiger partial charge in [0.1, 0.15) is 17.0 Å². The number of carbonyl (C=O) groups is 2. The fourth-order valence-corrected chi connectivity index (χ4v) is 8.14. The van der Waals surface area contributed by atoms with Gasteiger partial charge in [-0.1, -0.05) is 60.7 Å². The van der Waals surface area contributed by atoms with Crippen LogP contribution in [0.2, 0.25) is 0 Å². The lowest BCUT2D eigenvalue weighted by Gasteiger charge is -2.49. The number of hydrogen-bond acceptors (Lipinski definition) is 5. The van der Waals surface area contributed by atoms with Gasteiger partial charge in [-0.2, -0.15) is 0 Å². The number of fused-ring (bicyclic) bond motifs is 2. The number of ether oxygens (including phenoxy) is 2. The van der Waals surface area contributed by atoms with E-state index in [9.17, 15) is 4.79 Å². The number of methoxy groups -OCH3 is 2. The van der Waals surface area contributed by atoms with E-state index in [2.05, 4.69) is 35.2 Å². The van der Waals surface area contributed by atoms with Gasteiger partial charge in [0.2, 0.25) is 0 Å². The summed E-state index contributed by atoms with van der Waals surface area (Å²) >= 11 is 0. The molecule has 4 aromatic rings. The minimum absolute atomic E-state index is 0.0434. The van der Waals surface area contributed by atoms with E-state index in [4.69, 9.17) is 9.47 Å². The summed E-state index contributed by atoms with van der Waals surface area (Å²) in [7, 11) is 5.34. The Labute approximate surface area is 240 Å². The summed E-state index contributed by atoms with van der Waals surface area (Å²) in [5.41, 5.74) is 2.44. The lowest BCUT2D eigenvalue weighted by atomic mass is 9.53. The summed E-state index contributed by atoms with van der Waals surface area (Å²) in [4.78, 5) is 32.3. The Kier molecular flexibility index (Phi) is 5.91. The van der Waals surface area contributed by atoms with Crippen LogP contribution in [0.15, 0.2) is 90.5 Å². The predicted molar refractivity (Wildman–Crippen MR) is 161 cm³/mol. The fourth-order valence-electron chi connectivity index (χ4n) is 8.14. The first kappa shape index (κ1) is 25.7. The van der Waals surface area contributed by atoms with Gasteiger partial charge in [-0.25, -0.2) is 0 Å². The molecule has 0 N–H and O–H groups in total. The Hall–Kier alpha value is -4.22. The van der Waals surface area contributed by atoms with Crippen LogP contribution in [0, 0.1) is 5.41 Å². The molecule has 0 radical (unpaired) electrons. The van der Waals surface area contributed by atoms with Crippen molar-refractivity contribution in [2.45, 2.75) is 30.7 Å². The van der Waals surface area contributed by atoms with Crippen LogP contribution < -0.4 is 9.47 Å². The molecular weight excluding hydrogens is 510 g/mol. The van der Waals surface area contributed by atoms with E-state index in [0.29, 0.717) is 19.4 Å². The van der Waals surface area contributed by atoms with Gasteiger partial charge in [0.25, 0.3) is 0 Å². The van der Waals surface area contributed by atoms with Gasteiger partial charge in [0, 0.05) is 18.0 Å². The Morgan fingerprint density at radius 3 is 2.17 bits per heavy atom. The topological polar surface area (TPSA) is 55.8 Å². The predicted octanol–water partition coefficient (Wildman–Crippen LogP) is 6.80. The van der Waals surface area contributed by atoms with Crippen molar-refractivity contribution in [3.8, 4) is 11.5 Å². The minimum Gasteiger partial charge on any atom is -0.497 e. The molecule has 1 heterocycles. The number of rotatable bonds is 4. The van der Waals surface area contributed by atoms with Crippen molar-refractivity contribution in [3.05, 3.63) is 113 Å². The second kappa shape index (κ2) is 9.42. The molecule has 3 atom stereocenters. The third kappa shape index (κ3) is 3.39. The average Bonchev–Trinajstić information content (AvgIpc) is 3.43. The van der Waals surface area contributed by atoms with Gasteiger partial charge in [0.05, 0.1) is 19.6 Å². The van der Waals surface area contributed by atoms with Gasteiger partial charge in [-0.3, -0.25) is 14.5 Å². The molecule has 5 heteroatoms. The molecule has 2 spiro atoms. The van der Waals surface area contributed by atoms with E-state index in [1.807, 2.05) is 67.7 Å². The lowest BCUT2D eigenvalue weighted by molar-refractivity contribution is -0.132. The normalized spacial score (nSPS) is 26.5. The van der Waals surface area contributed by atoms with Crippen molar-refractivity contribution < 1.29 is 19.1 Å². The molecule has 7 rings (SSSR count). The van der Waals surface area contributed by atoms with Crippen molar-refractivity contribution >= 4 is 28.4 Å². The van der Waals surface area contributed by atoms with Gasteiger partial charge in [-0.05, 0) is 89.7 Å². The van der Waals surface area contributed by atoms with Crippen molar-refractivity contribution in [2.75, 3.05) is 27.8 Å². The molecule has 206 valence electrons. The Bertz CT molecular complexity index is 1720. The molecule has 41 heavy (non-hydrogen) atoms. The largest absolute Gasteiger partial charge is 0.497 e. The van der Waals surface area contributed by atoms with E-state index in [1.54, 1.807) is 14.2 Å². The zero-order chi connectivity index (χ0) is 28.4. The lowest BCUT2D eigenvalue weighted by Crippen LogP contribution is -2.59. The summed E-state index contributed by atoms with van der Waals surface area (Å²) in [6.07, 6.45) is 4.18. The summed E-state index contributed by atoms with van der Waals surface area (Å²) in [6.45, 7) is 0.601. The Morgan fingerprint density at radius 1 is 0.829 bits per heavy atom. The van der Waals surface area contributed by atoms with Crippen molar-refractivity contribution in [3.63, 3.8) is 0 Å². The maximum Gasteiger partial charge on any atom is 0.189 e. The molecule has 0 aromatic heterocycles. The third-order valence-corrected chi connectivity index (χ3v) is 9.83. The maximum atomic E-state index is 15.2. The zero-order valence-electron chi connectivity index (χ0n) is 23.6. The highest BCUT2D eigenvalue weighted by atomic mass is 16.5. The highest BCUT2D eigenvalue weighted by molar-refractivity contribution is 6.24. The van der Waals surface area contributed by atoms with Crippen molar-refractivity contribution in [1.82, 2.24) is 4.90 Å². The number of carbonyl (C=O) groups excluding carboxylic acids is 2. The molecule has 4 aromatic carbocycles. The molecule has 5 nitrogen and oxygen atoms in total. The number of Topliss-reactive ketones (excluding diaryl/α,β-unsaturated/α-hetero) is 2. The molecule has 0 bridgehead atoms. The SMILES string of the molecule is COc1ccc(/C=C2\CCC[C@@]3(C2=O)[C@@H](c2ccc(OC)cc2)CN(C)[C@@]32C(=O)c3cccc4cccc2c34)cc1. The third-order valence-electron chi connectivity index (χ3n) is 9.83. The zero-order valence-corrected chi connectivity index (χ0v) is 23.6. The number of nitrogens with zero attached hydrogens (tertiary/aromatic N) is 1. The standard InChI is InChI=1S/C36H33NO4/c1-37-22-31(24-14-18-28(41-3)19-15-24)35(20-6-9-26(33(35)38)21-23-12-16-27(40-2)17-13-23)36(37)30-11-5-8-25-7-4-10-29(32(25)30)34(36)39/h4-5,7-8,10-19,21,31H,6,9,20,22H2,1-3H3/b26-21+/t31-,35+,36+/m1/s1. The van der Waals surface area contributed by atoms with Crippen LogP contribution in [0.5, 0.6) is 11.5 Å². The molecular formula is C36H33NO4. The van der Waals surface area contributed by atoms with E-state index in [1.165, 1.54) is 0 Å². The first-order valence-corrected chi connectivity index (χ1v) is 14.3. The van der Waals surface area contributed by atoms with Crippen LogP contribution in [0.25, 0.3) is 16.8 Å². The van der Waals surface area contributed by atoms with Crippen LogP contribution >= 0.6 is 0 Å². The molecule has 2 aliphatic carbocycles. The smallest absolute Gasteiger partial charge is 0.189 e. The Balaban J connectivity index is 1.47. The average molecular weight is 544 g/mol. The molecule has 2 fully saturated rings. The number of likely N-dealkylation sites (N-methyl/N-ethyl adjacent to an activating group) is 1. The monoisotopic (exact) mass is 543 g/mol. The van der Waals surface area contributed by atoms with Gasteiger partial charge < -0.3 is 9.47 Å². The first-order valence-electron chi connectivity index (χ1n) is 14.3. The molecule has 0 amide bonds. The fraction of sp³-hybridized carbons (Fsp3) is 0.278. The minimum atomic E-state index is -1.09. The number of hydrogen-bond donors (Lipinski definition) is 0. The highest BCUT2D eigenvalue weighted by Gasteiger charge is 2.73. The Morgan fingerprint density at radius 2 is 1.49 bits per heavy atom. The van der Waals surface area contributed by atoms with Crippen LogP contribution in [0.1, 0.15) is 52.2 Å². The number of benzene rings is 4. The number of allylic oxidation sites excluding steroid dienone is 1. The highest BCUT2D eigenvalue weighted by Crippen LogP contribution is 2.67. The van der Waals surface area contributed by atoms with E-state index in [0.717, 1.165) is 56.5 Å². The van der Waals surface area contributed by atoms with Crippen LogP contribution in [0.3, 0.4) is 0 Å². The van der Waals surface area contributed by atoms with Crippen molar-refractivity contribution in [2.24, 2.45) is 5.41 Å². The van der Waals surface area contributed by atoms with E-state index >= 15 is 4.79 Å². The number of ketones is 2. The maximum absolute atomic E-state index is 15.2. The first-order chi connectivity index (χ1) is 19.9. The van der Waals surface area contributed by atoms with Gasteiger partial charge in [-0.15, -0.1) is 0 Å². The van der Waals surface area contributed by atoms with E-state index in [-0.39, 0.29) is 17.5 Å². The number of likely N-dealkylation sites (tertiary alicyclic amines) is 1. The summed E-state index contributed by atoms with van der Waals surface area (Å²) in [5, 5.41) is 2.03.